The third-order valence-electron chi connectivity index (χ3n) is 2.86. The van der Waals surface area contributed by atoms with Crippen molar-refractivity contribution >= 4 is 0 Å². The van der Waals surface area contributed by atoms with Crippen LogP contribution < -0.4 is 4.74 Å². The molecule has 0 bridgehead atoms. The highest BCUT2D eigenvalue weighted by Gasteiger charge is 2.16. The summed E-state index contributed by atoms with van der Waals surface area (Å²) in [5.41, 5.74) is 1.12. The maximum absolute atomic E-state index is 13.6. The number of benzene rings is 1. The molecule has 1 unspecified atom stereocenters. The number of halogens is 1. The molecule has 96 valence electrons. The summed E-state index contributed by atoms with van der Waals surface area (Å²) in [6, 6.07) is 4.41. The molecule has 1 heterocycles. The molecule has 0 saturated carbocycles. The maximum atomic E-state index is 13.6. The molecular formula is C13H15FN2O2. The van der Waals surface area contributed by atoms with E-state index >= 15 is 0 Å². The number of aliphatic hydroxyl groups excluding tert-OH is 1. The molecule has 1 aromatic carbocycles. The van der Waals surface area contributed by atoms with E-state index in [1.165, 1.54) is 19.2 Å². The first-order valence-electron chi connectivity index (χ1n) is 5.69. The molecule has 2 aromatic rings. The molecule has 0 radical (unpaired) electrons. The number of methoxy groups -OCH3 is 1. The van der Waals surface area contributed by atoms with Crippen molar-refractivity contribution in [2.24, 2.45) is 0 Å². The van der Waals surface area contributed by atoms with Gasteiger partial charge in [0.25, 0.3) is 0 Å². The fraction of sp³-hybridized carbons (Fsp3) is 0.308. The molecule has 0 fully saturated rings. The summed E-state index contributed by atoms with van der Waals surface area (Å²) in [5, 5.41) is 10.2. The Morgan fingerprint density at radius 1 is 1.50 bits per heavy atom. The first-order chi connectivity index (χ1) is 8.67. The number of hydrogen-bond donors (Lipinski definition) is 1. The average Bonchev–Trinajstić information content (AvgIpc) is 2.86. The first-order valence-corrected chi connectivity index (χ1v) is 5.69. The summed E-state index contributed by atoms with van der Waals surface area (Å²) < 4.78 is 20.2. The molecule has 0 aliphatic rings. The van der Waals surface area contributed by atoms with Crippen molar-refractivity contribution in [3.05, 3.63) is 47.8 Å². The number of nitrogens with zero attached hydrogens (tertiary/aromatic N) is 2. The zero-order valence-corrected chi connectivity index (χ0v) is 10.3. The third-order valence-corrected chi connectivity index (χ3v) is 2.86. The lowest BCUT2D eigenvalue weighted by Crippen LogP contribution is -2.07. The third kappa shape index (κ3) is 2.22. The van der Waals surface area contributed by atoms with Crippen molar-refractivity contribution in [1.29, 1.82) is 0 Å². The molecule has 1 aromatic heterocycles. The normalized spacial score (nSPS) is 12.4. The van der Waals surface area contributed by atoms with Gasteiger partial charge in [0.15, 0.2) is 11.6 Å². The molecule has 18 heavy (non-hydrogen) atoms. The number of ether oxygens (including phenoxy) is 1. The Balaban J connectivity index is 2.34. The van der Waals surface area contributed by atoms with Gasteiger partial charge in [0.05, 0.1) is 25.3 Å². The van der Waals surface area contributed by atoms with Crippen LogP contribution in [0.1, 0.15) is 24.3 Å². The molecule has 0 spiro atoms. The minimum Gasteiger partial charge on any atom is -0.494 e. The van der Waals surface area contributed by atoms with Crippen LogP contribution in [0.5, 0.6) is 5.75 Å². The lowest BCUT2D eigenvalue weighted by molar-refractivity contribution is 0.209. The number of imidazole rings is 1. The van der Waals surface area contributed by atoms with E-state index in [4.69, 9.17) is 4.74 Å². The van der Waals surface area contributed by atoms with E-state index in [1.54, 1.807) is 18.6 Å². The Morgan fingerprint density at radius 2 is 2.28 bits per heavy atom. The van der Waals surface area contributed by atoms with Crippen LogP contribution in [0, 0.1) is 5.82 Å². The van der Waals surface area contributed by atoms with E-state index in [9.17, 15) is 9.50 Å². The zero-order chi connectivity index (χ0) is 13.1. The van der Waals surface area contributed by atoms with Gasteiger partial charge in [-0.25, -0.2) is 9.37 Å². The van der Waals surface area contributed by atoms with Crippen molar-refractivity contribution in [2.45, 2.75) is 19.6 Å². The summed E-state index contributed by atoms with van der Waals surface area (Å²) in [7, 11) is 1.40. The van der Waals surface area contributed by atoms with Crippen molar-refractivity contribution in [2.75, 3.05) is 7.11 Å². The molecule has 2 rings (SSSR count). The van der Waals surface area contributed by atoms with Gasteiger partial charge in [-0.2, -0.15) is 0 Å². The van der Waals surface area contributed by atoms with Crippen LogP contribution in [0.15, 0.2) is 30.7 Å². The second-order valence-electron chi connectivity index (χ2n) is 3.90. The van der Waals surface area contributed by atoms with E-state index in [-0.39, 0.29) is 5.75 Å². The van der Waals surface area contributed by atoms with Crippen molar-refractivity contribution in [3.63, 3.8) is 0 Å². The second-order valence-corrected chi connectivity index (χ2v) is 3.90. The van der Waals surface area contributed by atoms with Crippen LogP contribution in [0.2, 0.25) is 0 Å². The van der Waals surface area contributed by atoms with Gasteiger partial charge in [0.1, 0.15) is 6.10 Å². The molecule has 0 saturated heterocycles. The fourth-order valence-corrected chi connectivity index (χ4v) is 1.85. The molecule has 4 nitrogen and oxygen atoms in total. The van der Waals surface area contributed by atoms with E-state index in [2.05, 4.69) is 4.98 Å². The molecule has 0 aliphatic carbocycles. The quantitative estimate of drug-likeness (QED) is 0.904. The molecule has 1 N–H and O–H groups in total. The van der Waals surface area contributed by atoms with Crippen LogP contribution in [-0.2, 0) is 6.54 Å². The number of aromatic nitrogens is 2. The first kappa shape index (κ1) is 12.6. The molecule has 0 amide bonds. The molecular weight excluding hydrogens is 235 g/mol. The van der Waals surface area contributed by atoms with Gasteiger partial charge in [-0.05, 0) is 24.6 Å². The predicted octanol–water partition coefficient (Wildman–Crippen LogP) is 2.13. The lowest BCUT2D eigenvalue weighted by atomic mass is 10.1. The Morgan fingerprint density at radius 3 is 2.89 bits per heavy atom. The summed E-state index contributed by atoms with van der Waals surface area (Å²) in [5.74, 6) is -0.327. The highest BCUT2D eigenvalue weighted by atomic mass is 19.1. The monoisotopic (exact) mass is 250 g/mol. The van der Waals surface area contributed by atoms with Gasteiger partial charge in [0, 0.05) is 6.54 Å². The molecule has 0 aliphatic heterocycles. The van der Waals surface area contributed by atoms with Crippen molar-refractivity contribution in [1.82, 2.24) is 9.55 Å². The van der Waals surface area contributed by atoms with E-state index in [0.717, 1.165) is 0 Å². The summed E-state index contributed by atoms with van der Waals surface area (Å²) >= 11 is 0. The van der Waals surface area contributed by atoms with Gasteiger partial charge in [-0.15, -0.1) is 0 Å². The van der Waals surface area contributed by atoms with Gasteiger partial charge in [-0.1, -0.05) is 6.07 Å². The highest BCUT2D eigenvalue weighted by molar-refractivity contribution is 5.33. The summed E-state index contributed by atoms with van der Waals surface area (Å²) in [6.07, 6.45) is 2.32. The van der Waals surface area contributed by atoms with Gasteiger partial charge >= 0.3 is 0 Å². The molecule has 5 heteroatoms. The number of hydrogen-bond acceptors (Lipinski definition) is 3. The second kappa shape index (κ2) is 5.18. The smallest absolute Gasteiger partial charge is 0.165 e. The van der Waals surface area contributed by atoms with Crippen molar-refractivity contribution < 1.29 is 14.2 Å². The van der Waals surface area contributed by atoms with Crippen LogP contribution in [-0.4, -0.2) is 21.8 Å². The average molecular weight is 250 g/mol. The Bertz CT molecular complexity index is 540. The topological polar surface area (TPSA) is 47.3 Å². The van der Waals surface area contributed by atoms with Gasteiger partial charge in [-0.3, -0.25) is 0 Å². The van der Waals surface area contributed by atoms with Crippen LogP contribution in [0.3, 0.4) is 0 Å². The summed E-state index contributed by atoms with van der Waals surface area (Å²) in [6.45, 7) is 2.65. The number of rotatable bonds is 4. The summed E-state index contributed by atoms with van der Waals surface area (Å²) in [4.78, 5) is 3.98. The van der Waals surface area contributed by atoms with E-state index < -0.39 is 11.9 Å². The van der Waals surface area contributed by atoms with Crippen molar-refractivity contribution in [3.8, 4) is 5.75 Å². The van der Waals surface area contributed by atoms with Crippen LogP contribution >= 0.6 is 0 Å². The molecule has 1 atom stereocenters. The maximum Gasteiger partial charge on any atom is 0.165 e. The Kier molecular flexibility index (Phi) is 3.62. The lowest BCUT2D eigenvalue weighted by Gasteiger charge is -2.13. The van der Waals surface area contributed by atoms with Crippen LogP contribution in [0.25, 0.3) is 0 Å². The standard InChI is InChI=1S/C13H15FN2O2/c1-3-16-8-15-7-11(16)13(17)9-4-5-12(18-2)10(14)6-9/h4-8,13,17H,3H2,1-2H3. The number of aryl methyl sites for hydroxylation is 1. The van der Waals surface area contributed by atoms with E-state index in [1.807, 2.05) is 11.5 Å². The van der Waals surface area contributed by atoms with Gasteiger partial charge < -0.3 is 14.4 Å². The van der Waals surface area contributed by atoms with Gasteiger partial charge in [0.2, 0.25) is 0 Å². The zero-order valence-electron chi connectivity index (χ0n) is 10.3. The Labute approximate surface area is 105 Å². The number of aliphatic hydroxyl groups is 1. The minimum atomic E-state index is -0.896. The highest BCUT2D eigenvalue weighted by Crippen LogP contribution is 2.26. The minimum absolute atomic E-state index is 0.162. The van der Waals surface area contributed by atoms with Crippen LogP contribution in [0.4, 0.5) is 4.39 Å². The van der Waals surface area contributed by atoms with E-state index in [0.29, 0.717) is 17.8 Å². The Hall–Kier alpha value is -1.88. The largest absolute Gasteiger partial charge is 0.494 e. The predicted molar refractivity (Wildman–Crippen MR) is 64.9 cm³/mol. The fourth-order valence-electron chi connectivity index (χ4n) is 1.85. The SMILES string of the molecule is CCn1cncc1C(O)c1ccc(OC)c(F)c1.